The van der Waals surface area contributed by atoms with Crippen LogP contribution >= 0.6 is 11.3 Å². The molecule has 7 heteroatoms. The molecule has 5 rings (SSSR count). The van der Waals surface area contributed by atoms with E-state index in [9.17, 15) is 9.59 Å². The third-order valence-electron chi connectivity index (χ3n) is 5.02. The molecule has 1 aliphatic rings. The summed E-state index contributed by atoms with van der Waals surface area (Å²) in [6.07, 6.45) is 1.74. The molecular formula is C22H17N3O3S. The van der Waals surface area contributed by atoms with Gasteiger partial charge in [-0.15, -0.1) is 10.2 Å². The molecule has 0 N–H and O–H groups in total. The SMILES string of the molecule is CCCc1nnc(N2C(=O)c3oc4ccccc4c(=O)c3[C@@H]2c2ccccc2)s1. The second-order valence-corrected chi connectivity index (χ2v) is 7.93. The molecule has 0 bridgehead atoms. The fraction of sp³-hybridized carbons (Fsp3) is 0.182. The number of amides is 1. The van der Waals surface area contributed by atoms with Gasteiger partial charge >= 0.3 is 0 Å². The van der Waals surface area contributed by atoms with E-state index >= 15 is 0 Å². The highest BCUT2D eigenvalue weighted by Crippen LogP contribution is 2.42. The fourth-order valence-electron chi connectivity index (χ4n) is 3.72. The Morgan fingerprint density at radius 1 is 1.03 bits per heavy atom. The Morgan fingerprint density at radius 3 is 2.59 bits per heavy atom. The van der Waals surface area contributed by atoms with Crippen molar-refractivity contribution in [3.05, 3.63) is 86.7 Å². The first-order valence-electron chi connectivity index (χ1n) is 9.45. The van der Waals surface area contributed by atoms with Gasteiger partial charge in [-0.3, -0.25) is 14.5 Å². The molecule has 4 aromatic rings. The minimum Gasteiger partial charge on any atom is -0.450 e. The van der Waals surface area contributed by atoms with Gasteiger partial charge in [-0.2, -0.15) is 0 Å². The first kappa shape index (κ1) is 17.8. The normalized spacial score (nSPS) is 15.8. The van der Waals surface area contributed by atoms with E-state index in [0.717, 1.165) is 23.4 Å². The molecule has 0 fully saturated rings. The molecule has 3 heterocycles. The van der Waals surface area contributed by atoms with Crippen LogP contribution in [0.25, 0.3) is 11.0 Å². The molecule has 0 unspecified atom stereocenters. The number of carbonyl (C=O) groups excluding carboxylic acids is 1. The Morgan fingerprint density at radius 2 is 1.79 bits per heavy atom. The molecule has 0 saturated carbocycles. The van der Waals surface area contributed by atoms with Crippen LogP contribution in [0.15, 0.2) is 63.8 Å². The second-order valence-electron chi connectivity index (χ2n) is 6.89. The van der Waals surface area contributed by atoms with Gasteiger partial charge in [0, 0.05) is 6.42 Å². The van der Waals surface area contributed by atoms with E-state index in [0.29, 0.717) is 21.7 Å². The number of aryl methyl sites for hydroxylation is 1. The summed E-state index contributed by atoms with van der Waals surface area (Å²) in [5.74, 6) is -0.286. The number of fused-ring (bicyclic) bond motifs is 2. The van der Waals surface area contributed by atoms with Crippen molar-refractivity contribution in [2.45, 2.75) is 25.8 Å². The highest BCUT2D eigenvalue weighted by molar-refractivity contribution is 7.15. The molecule has 0 radical (unpaired) electrons. The van der Waals surface area contributed by atoms with Crippen LogP contribution in [0.5, 0.6) is 0 Å². The Kier molecular flexibility index (Phi) is 4.24. The van der Waals surface area contributed by atoms with Crippen LogP contribution in [0.3, 0.4) is 0 Å². The highest BCUT2D eigenvalue weighted by Gasteiger charge is 2.45. The standard InChI is InChI=1S/C22H17N3O3S/c1-2-8-16-23-24-22(29-16)25-18(13-9-4-3-5-10-13)17-19(26)14-11-6-7-12-15(14)28-20(17)21(25)27/h3-7,9-12,18H,2,8H2,1H3/t18-/m0/s1. The van der Waals surface area contributed by atoms with Crippen LogP contribution in [0.2, 0.25) is 0 Å². The third-order valence-corrected chi connectivity index (χ3v) is 6.00. The zero-order valence-electron chi connectivity index (χ0n) is 15.7. The summed E-state index contributed by atoms with van der Waals surface area (Å²) in [7, 11) is 0. The smallest absolute Gasteiger partial charge is 0.297 e. The number of carbonyl (C=O) groups is 1. The Hall–Kier alpha value is -3.32. The topological polar surface area (TPSA) is 76.3 Å². The number of hydrogen-bond donors (Lipinski definition) is 0. The molecule has 144 valence electrons. The van der Waals surface area contributed by atoms with Gasteiger partial charge in [0.25, 0.3) is 5.91 Å². The molecule has 0 aliphatic carbocycles. The van der Waals surface area contributed by atoms with Gasteiger partial charge in [0.05, 0.1) is 17.0 Å². The maximum atomic E-state index is 13.4. The average Bonchev–Trinajstić information content (AvgIpc) is 3.32. The minimum atomic E-state index is -0.595. The molecule has 6 nitrogen and oxygen atoms in total. The van der Waals surface area contributed by atoms with Crippen molar-refractivity contribution >= 4 is 33.3 Å². The monoisotopic (exact) mass is 403 g/mol. The lowest BCUT2D eigenvalue weighted by Crippen LogP contribution is -2.29. The van der Waals surface area contributed by atoms with Gasteiger partial charge in [0.2, 0.25) is 10.9 Å². The van der Waals surface area contributed by atoms with Crippen molar-refractivity contribution in [1.82, 2.24) is 10.2 Å². The van der Waals surface area contributed by atoms with Gasteiger partial charge in [-0.05, 0) is 24.1 Å². The summed E-state index contributed by atoms with van der Waals surface area (Å²) >= 11 is 1.38. The van der Waals surface area contributed by atoms with Crippen LogP contribution in [-0.4, -0.2) is 16.1 Å². The van der Waals surface area contributed by atoms with Crippen molar-refractivity contribution in [3.8, 4) is 0 Å². The van der Waals surface area contributed by atoms with E-state index in [1.54, 1.807) is 29.2 Å². The Bertz CT molecular complexity index is 1280. The van der Waals surface area contributed by atoms with Crippen LogP contribution < -0.4 is 10.3 Å². The zero-order chi connectivity index (χ0) is 20.0. The molecule has 0 saturated heterocycles. The summed E-state index contributed by atoms with van der Waals surface area (Å²) in [5, 5.41) is 10.3. The van der Waals surface area contributed by atoms with Crippen LogP contribution in [-0.2, 0) is 6.42 Å². The number of aromatic nitrogens is 2. The number of benzene rings is 2. The zero-order valence-corrected chi connectivity index (χ0v) is 16.5. The van der Waals surface area contributed by atoms with Crippen LogP contribution in [0.4, 0.5) is 5.13 Å². The van der Waals surface area contributed by atoms with E-state index in [2.05, 4.69) is 17.1 Å². The van der Waals surface area contributed by atoms with Crippen LogP contribution in [0.1, 0.15) is 46.1 Å². The average molecular weight is 403 g/mol. The van der Waals surface area contributed by atoms with Crippen molar-refractivity contribution in [3.63, 3.8) is 0 Å². The summed E-state index contributed by atoms with van der Waals surface area (Å²) < 4.78 is 5.92. The largest absolute Gasteiger partial charge is 0.450 e. The second kappa shape index (κ2) is 6.93. The Labute approximate surface area is 170 Å². The first-order valence-corrected chi connectivity index (χ1v) is 10.3. The van der Waals surface area contributed by atoms with Crippen molar-refractivity contribution in [2.75, 3.05) is 4.90 Å². The summed E-state index contributed by atoms with van der Waals surface area (Å²) in [6.45, 7) is 2.07. The number of hydrogen-bond acceptors (Lipinski definition) is 6. The van der Waals surface area contributed by atoms with Crippen molar-refractivity contribution < 1.29 is 9.21 Å². The van der Waals surface area contributed by atoms with Gasteiger partial charge in [0.1, 0.15) is 10.6 Å². The van der Waals surface area contributed by atoms with Crippen LogP contribution in [0, 0.1) is 0 Å². The van der Waals surface area contributed by atoms with Gasteiger partial charge < -0.3 is 4.42 Å². The quantitative estimate of drug-likeness (QED) is 0.506. The maximum absolute atomic E-state index is 13.4. The molecule has 1 aliphatic heterocycles. The van der Waals surface area contributed by atoms with E-state index in [1.165, 1.54) is 11.3 Å². The molecule has 29 heavy (non-hydrogen) atoms. The highest BCUT2D eigenvalue weighted by atomic mass is 32.1. The minimum absolute atomic E-state index is 0.0785. The number of anilines is 1. The van der Waals surface area contributed by atoms with E-state index in [4.69, 9.17) is 4.42 Å². The van der Waals surface area contributed by atoms with E-state index in [1.807, 2.05) is 30.3 Å². The Balaban J connectivity index is 1.76. The summed E-state index contributed by atoms with van der Waals surface area (Å²) in [6, 6.07) is 15.9. The maximum Gasteiger partial charge on any atom is 0.297 e. The summed E-state index contributed by atoms with van der Waals surface area (Å²) in [5.41, 5.74) is 1.40. The van der Waals surface area contributed by atoms with Gasteiger partial charge in [0.15, 0.2) is 5.43 Å². The lowest BCUT2D eigenvalue weighted by molar-refractivity contribution is 0.0970. The number of para-hydroxylation sites is 1. The first-order chi connectivity index (χ1) is 14.2. The summed E-state index contributed by atoms with van der Waals surface area (Å²) in [4.78, 5) is 28.3. The molecule has 1 amide bonds. The molecule has 0 spiro atoms. The van der Waals surface area contributed by atoms with E-state index < -0.39 is 6.04 Å². The molecule has 2 aromatic carbocycles. The van der Waals surface area contributed by atoms with Crippen molar-refractivity contribution in [2.24, 2.45) is 0 Å². The lowest BCUT2D eigenvalue weighted by Gasteiger charge is -2.21. The van der Waals surface area contributed by atoms with Gasteiger partial charge in [-0.1, -0.05) is 60.7 Å². The lowest BCUT2D eigenvalue weighted by atomic mass is 9.99. The van der Waals surface area contributed by atoms with Crippen molar-refractivity contribution in [1.29, 1.82) is 0 Å². The molecular weight excluding hydrogens is 386 g/mol. The number of rotatable bonds is 4. The predicted octanol–water partition coefficient (Wildman–Crippen LogP) is 4.35. The number of nitrogens with zero attached hydrogens (tertiary/aromatic N) is 3. The van der Waals surface area contributed by atoms with E-state index in [-0.39, 0.29) is 17.1 Å². The molecule has 1 atom stereocenters. The van der Waals surface area contributed by atoms with Gasteiger partial charge in [-0.25, -0.2) is 0 Å². The predicted molar refractivity (Wildman–Crippen MR) is 111 cm³/mol. The fourth-order valence-corrected chi connectivity index (χ4v) is 4.69. The molecule has 2 aromatic heterocycles. The third kappa shape index (κ3) is 2.77.